The maximum Gasteiger partial charge on any atom is 0.414 e. The average Bonchev–Trinajstić information content (AvgIpc) is 2.47. The standard InChI is InChI=1S/C14H12ClNO6/c1-3-21-14(19)16-13(18)9-6-22-12-8(11(9)17)4-7(15)5-10(12)20-2/h4-6H,3H2,1-2H3,(H,16,18,19). The molecule has 0 bridgehead atoms. The Balaban J connectivity index is 2.49. The van der Waals surface area contributed by atoms with Crippen LogP contribution in [0.5, 0.6) is 5.75 Å². The second-order valence-corrected chi connectivity index (χ2v) is 4.57. The van der Waals surface area contributed by atoms with Crippen LogP contribution in [0.1, 0.15) is 17.3 Å². The summed E-state index contributed by atoms with van der Waals surface area (Å²) >= 11 is 5.90. The number of methoxy groups -OCH3 is 1. The molecule has 2 aromatic rings. The quantitative estimate of drug-likeness (QED) is 0.930. The van der Waals surface area contributed by atoms with Crippen LogP contribution in [-0.2, 0) is 4.74 Å². The van der Waals surface area contributed by atoms with Crippen LogP contribution >= 0.6 is 11.6 Å². The second kappa shape index (κ2) is 6.48. The molecule has 0 aliphatic carbocycles. The predicted molar refractivity (Wildman–Crippen MR) is 78.5 cm³/mol. The summed E-state index contributed by atoms with van der Waals surface area (Å²) in [6.07, 6.45) is 0.00557. The van der Waals surface area contributed by atoms with E-state index in [2.05, 4.69) is 4.74 Å². The number of rotatable bonds is 3. The van der Waals surface area contributed by atoms with Gasteiger partial charge in [-0.05, 0) is 13.0 Å². The molecule has 0 fully saturated rings. The smallest absolute Gasteiger partial charge is 0.414 e. The maximum absolute atomic E-state index is 12.3. The van der Waals surface area contributed by atoms with Gasteiger partial charge in [-0.25, -0.2) is 4.79 Å². The summed E-state index contributed by atoms with van der Waals surface area (Å²) < 4.78 is 14.9. The van der Waals surface area contributed by atoms with Crippen molar-refractivity contribution in [1.82, 2.24) is 5.32 Å². The molecule has 0 unspecified atom stereocenters. The first-order valence-electron chi connectivity index (χ1n) is 6.25. The van der Waals surface area contributed by atoms with Crippen molar-refractivity contribution in [1.29, 1.82) is 0 Å². The molecule has 0 radical (unpaired) electrons. The molecule has 0 aliphatic rings. The number of imide groups is 1. The Morgan fingerprint density at radius 2 is 2.09 bits per heavy atom. The monoisotopic (exact) mass is 325 g/mol. The first kappa shape index (κ1) is 15.8. The molecule has 2 rings (SSSR count). The molecule has 0 saturated carbocycles. The number of hydrogen-bond acceptors (Lipinski definition) is 6. The average molecular weight is 326 g/mol. The van der Waals surface area contributed by atoms with Gasteiger partial charge in [0.1, 0.15) is 11.8 Å². The molecule has 0 saturated heterocycles. The van der Waals surface area contributed by atoms with E-state index < -0.39 is 17.4 Å². The molecule has 116 valence electrons. The number of ether oxygens (including phenoxy) is 2. The Hall–Kier alpha value is -2.54. The van der Waals surface area contributed by atoms with Crippen LogP contribution in [0.15, 0.2) is 27.6 Å². The molecule has 0 spiro atoms. The van der Waals surface area contributed by atoms with Crippen LogP contribution in [0.25, 0.3) is 11.0 Å². The molecule has 0 aliphatic heterocycles. The van der Waals surface area contributed by atoms with Gasteiger partial charge >= 0.3 is 6.09 Å². The lowest BCUT2D eigenvalue weighted by atomic mass is 10.1. The molecular formula is C14H12ClNO6. The largest absolute Gasteiger partial charge is 0.493 e. The third-order valence-corrected chi connectivity index (χ3v) is 2.98. The number of fused-ring (bicyclic) bond motifs is 1. The van der Waals surface area contributed by atoms with E-state index in [0.717, 1.165) is 6.26 Å². The number of hydrogen-bond donors (Lipinski definition) is 1. The van der Waals surface area contributed by atoms with Crippen molar-refractivity contribution in [2.75, 3.05) is 13.7 Å². The molecule has 22 heavy (non-hydrogen) atoms. The van der Waals surface area contributed by atoms with Crippen LogP contribution in [0.2, 0.25) is 5.02 Å². The van der Waals surface area contributed by atoms with Crippen LogP contribution in [0, 0.1) is 0 Å². The highest BCUT2D eigenvalue weighted by Gasteiger charge is 2.19. The topological polar surface area (TPSA) is 94.8 Å². The molecule has 1 aromatic carbocycles. The van der Waals surface area contributed by atoms with E-state index >= 15 is 0 Å². The Kier molecular flexibility index (Phi) is 4.67. The van der Waals surface area contributed by atoms with Crippen molar-refractivity contribution >= 4 is 34.6 Å². The fourth-order valence-electron chi connectivity index (χ4n) is 1.81. The fraction of sp³-hybridized carbons (Fsp3) is 0.214. The number of alkyl carbamates (subject to hydrolysis) is 1. The second-order valence-electron chi connectivity index (χ2n) is 4.14. The molecule has 0 atom stereocenters. The summed E-state index contributed by atoms with van der Waals surface area (Å²) in [5, 5.41) is 2.24. The Bertz CT molecular complexity index is 798. The van der Waals surface area contributed by atoms with Crippen molar-refractivity contribution in [3.8, 4) is 5.75 Å². The highest BCUT2D eigenvalue weighted by Crippen LogP contribution is 2.28. The zero-order valence-electron chi connectivity index (χ0n) is 11.8. The number of benzene rings is 1. The van der Waals surface area contributed by atoms with E-state index in [1.54, 1.807) is 6.92 Å². The van der Waals surface area contributed by atoms with Crippen molar-refractivity contribution in [2.24, 2.45) is 0 Å². The minimum absolute atomic E-state index is 0.0702. The van der Waals surface area contributed by atoms with Gasteiger partial charge in [0.05, 0.1) is 19.1 Å². The zero-order valence-corrected chi connectivity index (χ0v) is 12.5. The highest BCUT2D eigenvalue weighted by molar-refractivity contribution is 6.31. The summed E-state index contributed by atoms with van der Waals surface area (Å²) in [5.74, 6) is -0.662. The van der Waals surface area contributed by atoms with Gasteiger partial charge in [0.25, 0.3) is 5.91 Å². The molecule has 7 nitrogen and oxygen atoms in total. The highest BCUT2D eigenvalue weighted by atomic mass is 35.5. The van der Waals surface area contributed by atoms with Crippen molar-refractivity contribution < 1.29 is 23.5 Å². The van der Waals surface area contributed by atoms with Gasteiger partial charge in [-0.3, -0.25) is 14.9 Å². The van der Waals surface area contributed by atoms with Crippen molar-refractivity contribution in [3.05, 3.63) is 39.2 Å². The Labute approximate surface area is 129 Å². The van der Waals surface area contributed by atoms with Gasteiger partial charge < -0.3 is 13.9 Å². The van der Waals surface area contributed by atoms with Crippen molar-refractivity contribution in [3.63, 3.8) is 0 Å². The van der Waals surface area contributed by atoms with Crippen LogP contribution in [0.4, 0.5) is 4.79 Å². The Morgan fingerprint density at radius 1 is 1.36 bits per heavy atom. The van der Waals surface area contributed by atoms with Gasteiger partial charge in [0, 0.05) is 11.1 Å². The molecule has 2 amide bonds. The fourth-order valence-corrected chi connectivity index (χ4v) is 2.02. The van der Waals surface area contributed by atoms with Crippen molar-refractivity contribution in [2.45, 2.75) is 6.92 Å². The van der Waals surface area contributed by atoms with Crippen LogP contribution in [-0.4, -0.2) is 25.7 Å². The summed E-state index contributed by atoms with van der Waals surface area (Å²) in [4.78, 5) is 35.5. The van der Waals surface area contributed by atoms with E-state index in [1.165, 1.54) is 19.2 Å². The molecule has 1 aromatic heterocycles. The zero-order chi connectivity index (χ0) is 16.3. The third kappa shape index (κ3) is 3.04. The normalized spacial score (nSPS) is 10.3. The molecule has 8 heteroatoms. The first-order chi connectivity index (χ1) is 10.5. The van der Waals surface area contributed by atoms with E-state index in [9.17, 15) is 14.4 Å². The lowest BCUT2D eigenvalue weighted by molar-refractivity contribution is 0.0922. The number of amides is 2. The van der Waals surface area contributed by atoms with Gasteiger partial charge in [-0.2, -0.15) is 0 Å². The Morgan fingerprint density at radius 3 is 2.73 bits per heavy atom. The van der Waals surface area contributed by atoms with E-state index in [-0.39, 0.29) is 33.9 Å². The van der Waals surface area contributed by atoms with E-state index in [0.29, 0.717) is 0 Å². The summed E-state index contributed by atoms with van der Waals surface area (Å²) in [6.45, 7) is 1.68. The minimum atomic E-state index is -0.948. The van der Waals surface area contributed by atoms with E-state index in [4.69, 9.17) is 20.8 Å². The number of nitrogens with one attached hydrogen (secondary N) is 1. The predicted octanol–water partition coefficient (Wildman–Crippen LogP) is 2.34. The first-order valence-corrected chi connectivity index (χ1v) is 6.62. The van der Waals surface area contributed by atoms with Gasteiger partial charge in [0.2, 0.25) is 5.43 Å². The summed E-state index contributed by atoms with van der Waals surface area (Å²) in [6, 6.07) is 2.83. The van der Waals surface area contributed by atoms with Gasteiger partial charge in [0.15, 0.2) is 11.3 Å². The summed E-state index contributed by atoms with van der Waals surface area (Å²) in [7, 11) is 1.40. The number of carbonyl (C=O) groups is 2. The lowest BCUT2D eigenvalue weighted by Crippen LogP contribution is -2.34. The third-order valence-electron chi connectivity index (χ3n) is 2.76. The molecule has 1 heterocycles. The molecule has 1 N–H and O–H groups in total. The van der Waals surface area contributed by atoms with Crippen LogP contribution < -0.4 is 15.5 Å². The van der Waals surface area contributed by atoms with Gasteiger partial charge in [-0.1, -0.05) is 11.6 Å². The SMILES string of the molecule is CCOC(=O)NC(=O)c1coc2c(OC)cc(Cl)cc2c1=O. The summed E-state index contributed by atoms with van der Waals surface area (Å²) in [5.41, 5.74) is -0.821. The van der Waals surface area contributed by atoms with Gasteiger partial charge in [-0.15, -0.1) is 0 Å². The van der Waals surface area contributed by atoms with E-state index in [1.807, 2.05) is 5.32 Å². The lowest BCUT2D eigenvalue weighted by Gasteiger charge is -2.07. The number of halogens is 1. The minimum Gasteiger partial charge on any atom is -0.493 e. The van der Waals surface area contributed by atoms with Crippen LogP contribution in [0.3, 0.4) is 0 Å². The molecular weight excluding hydrogens is 314 g/mol. The maximum atomic E-state index is 12.3. The number of carbonyl (C=O) groups excluding carboxylic acids is 2.